The SMILES string of the molecule is O=C1NCCCC1N[C@H]1CCC[C@@H]1O. The summed E-state index contributed by atoms with van der Waals surface area (Å²) in [5.74, 6) is 0.0929. The third-order valence-corrected chi connectivity index (χ3v) is 3.18. The summed E-state index contributed by atoms with van der Waals surface area (Å²) in [6.07, 6.45) is 4.59. The zero-order chi connectivity index (χ0) is 9.97. The number of aliphatic hydroxyl groups excluding tert-OH is 1. The molecule has 1 unspecified atom stereocenters. The van der Waals surface area contributed by atoms with Gasteiger partial charge in [0.05, 0.1) is 12.1 Å². The molecule has 2 rings (SSSR count). The van der Waals surface area contributed by atoms with Gasteiger partial charge in [0.25, 0.3) is 0 Å². The third-order valence-electron chi connectivity index (χ3n) is 3.18. The number of piperidine rings is 1. The van der Waals surface area contributed by atoms with Crippen molar-refractivity contribution < 1.29 is 9.90 Å². The van der Waals surface area contributed by atoms with E-state index < -0.39 is 0 Å². The van der Waals surface area contributed by atoms with Crippen molar-refractivity contribution in [2.75, 3.05) is 6.54 Å². The zero-order valence-electron chi connectivity index (χ0n) is 8.33. The molecule has 0 spiro atoms. The van der Waals surface area contributed by atoms with Gasteiger partial charge in [-0.15, -0.1) is 0 Å². The molecule has 0 aromatic rings. The van der Waals surface area contributed by atoms with Crippen LogP contribution in [-0.4, -0.2) is 35.7 Å². The smallest absolute Gasteiger partial charge is 0.237 e. The maximum Gasteiger partial charge on any atom is 0.237 e. The second-order valence-corrected chi connectivity index (χ2v) is 4.26. The molecule has 1 saturated carbocycles. The first-order valence-electron chi connectivity index (χ1n) is 5.49. The molecule has 0 radical (unpaired) electrons. The van der Waals surface area contributed by atoms with Gasteiger partial charge in [0.2, 0.25) is 5.91 Å². The Hall–Kier alpha value is -0.610. The van der Waals surface area contributed by atoms with Gasteiger partial charge in [-0.1, -0.05) is 0 Å². The van der Waals surface area contributed by atoms with Crippen molar-refractivity contribution in [2.24, 2.45) is 0 Å². The summed E-state index contributed by atoms with van der Waals surface area (Å²) in [5.41, 5.74) is 0. The fraction of sp³-hybridized carbons (Fsp3) is 0.900. The van der Waals surface area contributed by atoms with Gasteiger partial charge in [-0.3, -0.25) is 4.79 Å². The first kappa shape index (κ1) is 9.93. The molecule has 3 atom stereocenters. The first-order chi connectivity index (χ1) is 6.77. The lowest BCUT2D eigenvalue weighted by Crippen LogP contribution is -2.53. The lowest BCUT2D eigenvalue weighted by Gasteiger charge is -2.27. The molecule has 14 heavy (non-hydrogen) atoms. The minimum absolute atomic E-state index is 0.0819. The standard InChI is InChI=1S/C10H18N2O2/c13-9-5-1-3-7(9)12-8-4-2-6-11-10(8)14/h7-9,12-13H,1-6H2,(H,11,14)/t7-,8?,9-/m0/s1. The van der Waals surface area contributed by atoms with Crippen molar-refractivity contribution in [3.05, 3.63) is 0 Å². The number of carbonyl (C=O) groups excluding carboxylic acids is 1. The Morgan fingerprint density at radius 1 is 1.29 bits per heavy atom. The van der Waals surface area contributed by atoms with Crippen LogP contribution in [0.15, 0.2) is 0 Å². The van der Waals surface area contributed by atoms with Crippen LogP contribution in [-0.2, 0) is 4.79 Å². The molecule has 1 heterocycles. The largest absolute Gasteiger partial charge is 0.392 e. The summed E-state index contributed by atoms with van der Waals surface area (Å²) in [6, 6.07) is 0.0466. The van der Waals surface area contributed by atoms with Crippen LogP contribution >= 0.6 is 0 Å². The number of nitrogens with one attached hydrogen (secondary N) is 2. The second kappa shape index (κ2) is 4.28. The summed E-state index contributed by atoms with van der Waals surface area (Å²) >= 11 is 0. The van der Waals surface area contributed by atoms with Crippen LogP contribution in [0.25, 0.3) is 0 Å². The van der Waals surface area contributed by atoms with Gasteiger partial charge in [0.15, 0.2) is 0 Å². The van der Waals surface area contributed by atoms with Crippen LogP contribution < -0.4 is 10.6 Å². The zero-order valence-corrected chi connectivity index (χ0v) is 8.33. The fourth-order valence-corrected chi connectivity index (χ4v) is 2.32. The van der Waals surface area contributed by atoms with Gasteiger partial charge in [-0.25, -0.2) is 0 Å². The molecule has 1 amide bonds. The molecule has 1 aliphatic carbocycles. The highest BCUT2D eigenvalue weighted by atomic mass is 16.3. The van der Waals surface area contributed by atoms with Crippen molar-refractivity contribution in [1.82, 2.24) is 10.6 Å². The molecular weight excluding hydrogens is 180 g/mol. The summed E-state index contributed by atoms with van der Waals surface area (Å²) in [4.78, 5) is 11.4. The highest BCUT2D eigenvalue weighted by Gasteiger charge is 2.30. The third kappa shape index (κ3) is 2.07. The average molecular weight is 198 g/mol. The van der Waals surface area contributed by atoms with Crippen molar-refractivity contribution in [3.63, 3.8) is 0 Å². The van der Waals surface area contributed by atoms with Gasteiger partial charge in [-0.2, -0.15) is 0 Å². The topological polar surface area (TPSA) is 61.4 Å². The number of rotatable bonds is 2. The minimum Gasteiger partial charge on any atom is -0.392 e. The second-order valence-electron chi connectivity index (χ2n) is 4.26. The van der Waals surface area contributed by atoms with E-state index in [1.165, 1.54) is 0 Å². The summed E-state index contributed by atoms with van der Waals surface area (Å²) in [5, 5.41) is 15.7. The normalized spacial score (nSPS) is 38.4. The fourth-order valence-electron chi connectivity index (χ4n) is 2.32. The Morgan fingerprint density at radius 3 is 2.79 bits per heavy atom. The summed E-state index contributed by atoms with van der Waals surface area (Å²) in [6.45, 7) is 0.796. The number of amides is 1. The van der Waals surface area contributed by atoms with E-state index in [1.807, 2.05) is 0 Å². The molecule has 4 nitrogen and oxygen atoms in total. The van der Waals surface area contributed by atoms with Crippen LogP contribution in [0.5, 0.6) is 0 Å². The monoisotopic (exact) mass is 198 g/mol. The Balaban J connectivity index is 1.86. The quantitative estimate of drug-likeness (QED) is 0.574. The van der Waals surface area contributed by atoms with Crippen molar-refractivity contribution in [2.45, 2.75) is 50.3 Å². The van der Waals surface area contributed by atoms with E-state index in [9.17, 15) is 9.90 Å². The molecule has 2 aliphatic rings. The van der Waals surface area contributed by atoms with Crippen molar-refractivity contribution in [3.8, 4) is 0 Å². The molecular formula is C10H18N2O2. The van der Waals surface area contributed by atoms with Gasteiger partial charge < -0.3 is 15.7 Å². The van der Waals surface area contributed by atoms with Crippen LogP contribution in [0, 0.1) is 0 Å². The molecule has 1 saturated heterocycles. The minimum atomic E-state index is -0.260. The molecule has 0 aromatic carbocycles. The van der Waals surface area contributed by atoms with Crippen molar-refractivity contribution >= 4 is 5.91 Å². The van der Waals surface area contributed by atoms with E-state index in [2.05, 4.69) is 10.6 Å². The first-order valence-corrected chi connectivity index (χ1v) is 5.49. The number of aliphatic hydroxyl groups is 1. The Labute approximate surface area is 84.1 Å². The van der Waals surface area contributed by atoms with Gasteiger partial charge in [-0.05, 0) is 32.1 Å². The van der Waals surface area contributed by atoms with E-state index in [1.54, 1.807) is 0 Å². The Morgan fingerprint density at radius 2 is 2.14 bits per heavy atom. The summed E-state index contributed by atoms with van der Waals surface area (Å²) < 4.78 is 0. The highest BCUT2D eigenvalue weighted by Crippen LogP contribution is 2.20. The number of hydrogen-bond acceptors (Lipinski definition) is 3. The predicted molar refractivity (Wildman–Crippen MR) is 52.8 cm³/mol. The van der Waals surface area contributed by atoms with Gasteiger partial charge in [0.1, 0.15) is 0 Å². The maximum absolute atomic E-state index is 11.4. The lowest BCUT2D eigenvalue weighted by molar-refractivity contribution is -0.124. The van der Waals surface area contributed by atoms with Crippen LogP contribution in [0.1, 0.15) is 32.1 Å². The maximum atomic E-state index is 11.4. The molecule has 1 aliphatic heterocycles. The van der Waals surface area contributed by atoms with E-state index >= 15 is 0 Å². The molecule has 80 valence electrons. The highest BCUT2D eigenvalue weighted by molar-refractivity contribution is 5.82. The summed E-state index contributed by atoms with van der Waals surface area (Å²) in [7, 11) is 0. The lowest BCUT2D eigenvalue weighted by atomic mass is 10.0. The van der Waals surface area contributed by atoms with Gasteiger partial charge in [0, 0.05) is 12.6 Å². The van der Waals surface area contributed by atoms with Crippen LogP contribution in [0.3, 0.4) is 0 Å². The van der Waals surface area contributed by atoms with Crippen molar-refractivity contribution in [1.29, 1.82) is 0 Å². The number of hydrogen-bond donors (Lipinski definition) is 3. The van der Waals surface area contributed by atoms with E-state index in [0.717, 1.165) is 38.6 Å². The average Bonchev–Trinajstić information content (AvgIpc) is 2.56. The molecule has 0 bridgehead atoms. The molecule has 3 N–H and O–H groups in total. The molecule has 2 fully saturated rings. The number of carbonyl (C=O) groups is 1. The van der Waals surface area contributed by atoms with E-state index in [4.69, 9.17) is 0 Å². The van der Waals surface area contributed by atoms with Crippen LogP contribution in [0.2, 0.25) is 0 Å². The Bertz CT molecular complexity index is 220. The van der Waals surface area contributed by atoms with Crippen LogP contribution in [0.4, 0.5) is 0 Å². The Kier molecular flexibility index (Phi) is 3.03. The molecule has 4 heteroatoms. The predicted octanol–water partition coefficient (Wildman–Crippen LogP) is -0.232. The van der Waals surface area contributed by atoms with E-state index in [0.29, 0.717) is 0 Å². The molecule has 0 aromatic heterocycles. The van der Waals surface area contributed by atoms with Gasteiger partial charge >= 0.3 is 0 Å². The van der Waals surface area contributed by atoms with E-state index in [-0.39, 0.29) is 24.1 Å².